The van der Waals surface area contributed by atoms with Crippen LogP contribution in [0.25, 0.3) is 22.5 Å². The van der Waals surface area contributed by atoms with E-state index < -0.39 is 0 Å². The number of rotatable bonds is 4. The van der Waals surface area contributed by atoms with Crippen LogP contribution in [-0.2, 0) is 9.53 Å². The second-order valence-corrected chi connectivity index (χ2v) is 9.03. The van der Waals surface area contributed by atoms with E-state index in [1.807, 2.05) is 35.3 Å². The number of morpholine rings is 1. The largest absolute Gasteiger partial charge is 0.379 e. The number of hydrogen-bond donors (Lipinski definition) is 2. The predicted molar refractivity (Wildman–Crippen MR) is 134 cm³/mol. The first-order valence-electron chi connectivity index (χ1n) is 12.1. The second-order valence-electron chi connectivity index (χ2n) is 9.03. The zero-order valence-electron chi connectivity index (χ0n) is 19.7. The maximum atomic E-state index is 13.8. The Kier molecular flexibility index (Phi) is 5.60. The van der Waals surface area contributed by atoms with E-state index >= 15 is 0 Å². The highest BCUT2D eigenvalue weighted by molar-refractivity contribution is 6.27. The van der Waals surface area contributed by atoms with Crippen LogP contribution < -0.4 is 15.2 Å². The Hall–Kier alpha value is -3.53. The fourth-order valence-electron chi connectivity index (χ4n) is 5.28. The zero-order chi connectivity index (χ0) is 23.9. The Labute approximate surface area is 203 Å². The Balaban J connectivity index is 1.36. The third-order valence-corrected chi connectivity index (χ3v) is 6.95. The molecule has 0 spiro atoms. The molecular formula is C26H28N6O3. The van der Waals surface area contributed by atoms with E-state index in [0.29, 0.717) is 54.5 Å². The minimum Gasteiger partial charge on any atom is -0.379 e. The predicted octanol–water partition coefficient (Wildman–Crippen LogP) is 2.30. The third kappa shape index (κ3) is 3.72. The lowest BCUT2D eigenvalue weighted by atomic mass is 10.0. The first kappa shape index (κ1) is 22.0. The van der Waals surface area contributed by atoms with Crippen LogP contribution in [0, 0.1) is 0 Å². The van der Waals surface area contributed by atoms with E-state index in [-0.39, 0.29) is 11.7 Å². The number of H-pyrrole nitrogens is 1. The minimum atomic E-state index is -0.134. The summed E-state index contributed by atoms with van der Waals surface area (Å²) < 4.78 is 5.46. The smallest absolute Gasteiger partial charge is 0.238 e. The summed E-state index contributed by atoms with van der Waals surface area (Å²) in [4.78, 5) is 28.9. The van der Waals surface area contributed by atoms with Gasteiger partial charge in [0.2, 0.25) is 5.91 Å². The summed E-state index contributed by atoms with van der Waals surface area (Å²) >= 11 is 0. The molecule has 0 atom stereocenters. The molecule has 3 aliphatic rings. The molecule has 35 heavy (non-hydrogen) atoms. The van der Waals surface area contributed by atoms with Gasteiger partial charge in [-0.25, -0.2) is 10.0 Å². The molecule has 0 unspecified atom stereocenters. The molecule has 1 amide bonds. The van der Waals surface area contributed by atoms with E-state index in [2.05, 4.69) is 32.5 Å². The Morgan fingerprint density at radius 2 is 1.74 bits per heavy atom. The molecule has 2 aromatic carbocycles. The summed E-state index contributed by atoms with van der Waals surface area (Å²) in [6, 6.07) is 13.9. The quantitative estimate of drug-likeness (QED) is 0.471. The molecule has 0 saturated carbocycles. The highest BCUT2D eigenvalue weighted by atomic mass is 16.5. The number of amides is 1. The van der Waals surface area contributed by atoms with Crippen molar-refractivity contribution in [3.63, 3.8) is 0 Å². The molecule has 0 radical (unpaired) electrons. The van der Waals surface area contributed by atoms with Crippen molar-refractivity contribution in [1.82, 2.24) is 20.5 Å². The van der Waals surface area contributed by atoms with Crippen molar-refractivity contribution in [3.8, 4) is 22.5 Å². The Morgan fingerprint density at radius 1 is 1.00 bits per heavy atom. The van der Waals surface area contributed by atoms with Gasteiger partial charge >= 0.3 is 0 Å². The van der Waals surface area contributed by atoms with Crippen molar-refractivity contribution >= 4 is 23.1 Å². The van der Waals surface area contributed by atoms with E-state index in [0.717, 1.165) is 37.3 Å². The van der Waals surface area contributed by atoms with Gasteiger partial charge in [0, 0.05) is 63.0 Å². The molecule has 3 heterocycles. The molecule has 2 fully saturated rings. The van der Waals surface area contributed by atoms with Gasteiger partial charge in [0.25, 0.3) is 0 Å². The van der Waals surface area contributed by atoms with Crippen LogP contribution in [0.15, 0.2) is 42.5 Å². The van der Waals surface area contributed by atoms with Gasteiger partial charge in [0.15, 0.2) is 5.78 Å². The zero-order valence-corrected chi connectivity index (χ0v) is 19.7. The van der Waals surface area contributed by atoms with E-state index in [9.17, 15) is 9.59 Å². The number of benzene rings is 2. The summed E-state index contributed by atoms with van der Waals surface area (Å²) in [6.07, 6.45) is 0. The maximum absolute atomic E-state index is 13.8. The lowest BCUT2D eigenvalue weighted by Crippen LogP contribution is -2.51. The first-order chi connectivity index (χ1) is 17.1. The molecule has 2 aliphatic heterocycles. The van der Waals surface area contributed by atoms with Crippen LogP contribution in [0.2, 0.25) is 0 Å². The fraction of sp³-hybridized carbons (Fsp3) is 0.346. The van der Waals surface area contributed by atoms with E-state index in [4.69, 9.17) is 4.74 Å². The van der Waals surface area contributed by atoms with Crippen molar-refractivity contribution in [3.05, 3.63) is 53.6 Å². The summed E-state index contributed by atoms with van der Waals surface area (Å²) in [7, 11) is 0. The van der Waals surface area contributed by atoms with Gasteiger partial charge in [0.1, 0.15) is 5.69 Å². The Morgan fingerprint density at radius 3 is 2.46 bits per heavy atom. The lowest BCUT2D eigenvalue weighted by Gasteiger charge is -2.37. The average Bonchev–Trinajstić information content (AvgIpc) is 3.45. The second kappa shape index (κ2) is 8.92. The van der Waals surface area contributed by atoms with Crippen LogP contribution in [0.1, 0.15) is 22.8 Å². The first-order valence-corrected chi connectivity index (χ1v) is 12.1. The standard InChI is InChI=1S/C26H28N6O3/c1-17(33)32(31-13-15-35-16-14-31)21-4-2-3-20-22(21)26(34)23-24(28-29-25(20)23)18-5-7-19(8-6-18)30-11-9-27-10-12-30/h2-8,27H,9-16H2,1H3,(H,28,29). The number of hydrazine groups is 1. The van der Waals surface area contributed by atoms with Crippen molar-refractivity contribution < 1.29 is 14.3 Å². The molecular weight excluding hydrogens is 444 g/mol. The number of piperazine rings is 1. The summed E-state index contributed by atoms with van der Waals surface area (Å²) in [5, 5.41) is 14.6. The monoisotopic (exact) mass is 472 g/mol. The van der Waals surface area contributed by atoms with Gasteiger partial charge in [-0.1, -0.05) is 24.3 Å². The van der Waals surface area contributed by atoms with Gasteiger partial charge < -0.3 is 15.0 Å². The van der Waals surface area contributed by atoms with E-state index in [1.165, 1.54) is 12.6 Å². The number of hydrogen-bond acceptors (Lipinski definition) is 7. The summed E-state index contributed by atoms with van der Waals surface area (Å²) in [6.45, 7) is 7.71. The van der Waals surface area contributed by atoms with E-state index in [1.54, 1.807) is 5.01 Å². The SMILES string of the molecule is CC(=O)N(c1cccc2c1C(=O)c1c(-c3ccc(N4CCNCC4)cc3)n[nH]c1-2)N1CCOCC1. The molecule has 9 heteroatoms. The number of aromatic amines is 1. The highest BCUT2D eigenvalue weighted by Crippen LogP contribution is 2.44. The number of nitrogens with zero attached hydrogens (tertiary/aromatic N) is 4. The normalized spacial score (nSPS) is 17.9. The van der Waals surface area contributed by atoms with Crippen LogP contribution in [-0.4, -0.2) is 79.4 Å². The molecule has 0 bridgehead atoms. The van der Waals surface area contributed by atoms with Crippen LogP contribution >= 0.6 is 0 Å². The number of ether oxygens (including phenoxy) is 1. The molecule has 2 N–H and O–H groups in total. The van der Waals surface area contributed by atoms with Gasteiger partial charge in [-0.3, -0.25) is 14.7 Å². The minimum absolute atomic E-state index is 0.111. The van der Waals surface area contributed by atoms with Crippen LogP contribution in [0.4, 0.5) is 11.4 Å². The molecule has 2 saturated heterocycles. The molecule has 6 rings (SSSR count). The third-order valence-electron chi connectivity index (χ3n) is 6.95. The van der Waals surface area contributed by atoms with Crippen molar-refractivity contribution in [2.24, 2.45) is 0 Å². The molecule has 1 aromatic heterocycles. The topological polar surface area (TPSA) is 93.8 Å². The van der Waals surface area contributed by atoms with Gasteiger partial charge in [-0.05, 0) is 18.2 Å². The number of nitrogens with one attached hydrogen (secondary N) is 2. The van der Waals surface area contributed by atoms with Crippen LogP contribution in [0.5, 0.6) is 0 Å². The van der Waals surface area contributed by atoms with Crippen molar-refractivity contribution in [2.45, 2.75) is 6.92 Å². The fourth-order valence-corrected chi connectivity index (χ4v) is 5.28. The van der Waals surface area contributed by atoms with Crippen molar-refractivity contribution in [1.29, 1.82) is 0 Å². The number of carbonyl (C=O) groups is 2. The summed E-state index contributed by atoms with van der Waals surface area (Å²) in [5.74, 6) is -0.245. The number of anilines is 2. The van der Waals surface area contributed by atoms with Gasteiger partial charge in [0.05, 0.1) is 35.7 Å². The Bertz CT molecular complexity index is 1270. The molecule has 1 aliphatic carbocycles. The number of carbonyl (C=O) groups excluding carboxylic acids is 2. The van der Waals surface area contributed by atoms with Gasteiger partial charge in [-0.2, -0.15) is 5.10 Å². The summed E-state index contributed by atoms with van der Waals surface area (Å²) in [5.41, 5.74) is 5.88. The number of ketones is 1. The number of aromatic nitrogens is 2. The highest BCUT2D eigenvalue weighted by Gasteiger charge is 2.37. The molecule has 3 aromatic rings. The van der Waals surface area contributed by atoms with Crippen molar-refractivity contribution in [2.75, 3.05) is 62.4 Å². The lowest BCUT2D eigenvalue weighted by molar-refractivity contribution is -0.120. The molecule has 9 nitrogen and oxygen atoms in total. The van der Waals surface area contributed by atoms with Gasteiger partial charge in [-0.15, -0.1) is 0 Å². The van der Waals surface area contributed by atoms with Crippen LogP contribution in [0.3, 0.4) is 0 Å². The average molecular weight is 473 g/mol. The number of fused-ring (bicyclic) bond motifs is 3. The molecule has 180 valence electrons. The maximum Gasteiger partial charge on any atom is 0.238 e.